The number of aromatic nitrogens is 4. The van der Waals surface area contributed by atoms with Crippen LogP contribution in [0, 0.1) is 27.7 Å². The van der Waals surface area contributed by atoms with Crippen LogP contribution in [-0.4, -0.2) is 35.0 Å². The van der Waals surface area contributed by atoms with Crippen molar-refractivity contribution in [1.82, 2.24) is 19.5 Å². The van der Waals surface area contributed by atoms with Gasteiger partial charge in [0.05, 0.1) is 12.8 Å². The van der Waals surface area contributed by atoms with E-state index >= 15 is 0 Å². The fourth-order valence-electron chi connectivity index (χ4n) is 3.35. The van der Waals surface area contributed by atoms with E-state index in [0.29, 0.717) is 29.0 Å². The third kappa shape index (κ3) is 4.86. The summed E-state index contributed by atoms with van der Waals surface area (Å²) in [6.07, 6.45) is 1.71. The van der Waals surface area contributed by atoms with E-state index in [-0.39, 0.29) is 10.6 Å². The number of sulfonamides is 1. The van der Waals surface area contributed by atoms with E-state index in [9.17, 15) is 8.42 Å². The molecule has 10 heteroatoms. The molecule has 0 amide bonds. The Morgan fingerprint density at radius 3 is 2.32 bits per heavy atom. The highest BCUT2D eigenvalue weighted by Crippen LogP contribution is 2.28. The Morgan fingerprint density at radius 1 is 0.941 bits per heavy atom. The normalized spacial score (nSPS) is 11.3. The van der Waals surface area contributed by atoms with Crippen molar-refractivity contribution in [1.29, 1.82) is 0 Å². The van der Waals surface area contributed by atoms with Crippen LogP contribution < -0.4 is 14.2 Å². The lowest BCUT2D eigenvalue weighted by Gasteiger charge is -2.13. The molecule has 0 saturated carbocycles. The average molecular weight is 480 g/mol. The maximum atomic E-state index is 12.9. The first kappa shape index (κ1) is 23.2. The van der Waals surface area contributed by atoms with Crippen LogP contribution in [0.2, 0.25) is 0 Å². The van der Waals surface area contributed by atoms with Gasteiger partial charge in [-0.25, -0.2) is 18.4 Å². The van der Waals surface area contributed by atoms with Crippen LogP contribution in [0.25, 0.3) is 5.82 Å². The number of nitrogens with one attached hydrogen (secondary N) is 1. The van der Waals surface area contributed by atoms with Gasteiger partial charge in [0.1, 0.15) is 34.4 Å². The Bertz CT molecular complexity index is 1450. The topological polar surface area (TPSA) is 108 Å². The van der Waals surface area contributed by atoms with Gasteiger partial charge < -0.3 is 9.47 Å². The van der Waals surface area contributed by atoms with E-state index in [1.807, 2.05) is 25.3 Å². The molecule has 9 nitrogen and oxygen atoms in total. The lowest BCUT2D eigenvalue weighted by Crippen LogP contribution is -2.14. The lowest BCUT2D eigenvalue weighted by molar-refractivity contribution is 0.402. The zero-order chi connectivity index (χ0) is 24.5. The highest BCUT2D eigenvalue weighted by atomic mass is 32.2. The van der Waals surface area contributed by atoms with Crippen molar-refractivity contribution in [2.45, 2.75) is 32.6 Å². The molecule has 176 valence electrons. The molecule has 0 bridgehead atoms. The zero-order valence-electron chi connectivity index (χ0n) is 19.5. The van der Waals surface area contributed by atoms with Crippen molar-refractivity contribution in [3.63, 3.8) is 0 Å². The number of methoxy groups -OCH3 is 1. The van der Waals surface area contributed by atoms with Crippen molar-refractivity contribution >= 4 is 15.7 Å². The van der Waals surface area contributed by atoms with Gasteiger partial charge in [0, 0.05) is 17.4 Å². The molecule has 0 aliphatic heterocycles. The summed E-state index contributed by atoms with van der Waals surface area (Å²) in [5.74, 6) is 2.34. The molecular weight excluding hydrogens is 454 g/mol. The zero-order valence-corrected chi connectivity index (χ0v) is 20.3. The van der Waals surface area contributed by atoms with E-state index in [2.05, 4.69) is 19.7 Å². The number of aryl methyl sites for hydroxylation is 3. The smallest absolute Gasteiger partial charge is 0.265 e. The molecule has 2 aromatic carbocycles. The molecule has 0 saturated heterocycles. The van der Waals surface area contributed by atoms with Gasteiger partial charge in [0.25, 0.3) is 10.0 Å². The quantitative estimate of drug-likeness (QED) is 0.416. The molecule has 2 aromatic heterocycles. The molecule has 0 fully saturated rings. The molecular formula is C24H25N5O4S. The largest absolute Gasteiger partial charge is 0.495 e. The molecule has 0 unspecified atom stereocenters. The predicted molar refractivity (Wildman–Crippen MR) is 128 cm³/mol. The van der Waals surface area contributed by atoms with E-state index < -0.39 is 10.0 Å². The number of imidazole rings is 1. The van der Waals surface area contributed by atoms with Crippen LogP contribution >= 0.6 is 0 Å². The number of anilines is 1. The Hall–Kier alpha value is -3.92. The molecule has 0 atom stereocenters. The summed E-state index contributed by atoms with van der Waals surface area (Å²) in [5.41, 5.74) is 3.09. The minimum absolute atomic E-state index is 0.0735. The molecule has 1 N–H and O–H groups in total. The van der Waals surface area contributed by atoms with Crippen molar-refractivity contribution in [2.75, 3.05) is 11.8 Å². The van der Waals surface area contributed by atoms with Gasteiger partial charge in [0.15, 0.2) is 0 Å². The van der Waals surface area contributed by atoms with Crippen LogP contribution in [0.5, 0.6) is 17.4 Å². The highest BCUT2D eigenvalue weighted by Gasteiger charge is 2.20. The summed E-state index contributed by atoms with van der Waals surface area (Å²) in [5, 5.41) is 0. The number of hydrogen-bond donors (Lipinski definition) is 1. The summed E-state index contributed by atoms with van der Waals surface area (Å²) < 4.78 is 41.4. The van der Waals surface area contributed by atoms with Gasteiger partial charge in [-0.15, -0.1) is 0 Å². The van der Waals surface area contributed by atoms with E-state index in [1.165, 1.54) is 7.11 Å². The molecule has 2 heterocycles. The van der Waals surface area contributed by atoms with Gasteiger partial charge in [-0.2, -0.15) is 4.98 Å². The van der Waals surface area contributed by atoms with E-state index in [1.54, 1.807) is 61.8 Å². The summed E-state index contributed by atoms with van der Waals surface area (Å²) in [6.45, 7) is 7.50. The summed E-state index contributed by atoms with van der Waals surface area (Å²) in [6, 6.07) is 13.3. The second-order valence-electron chi connectivity index (χ2n) is 7.78. The van der Waals surface area contributed by atoms with Gasteiger partial charge >= 0.3 is 0 Å². The molecule has 34 heavy (non-hydrogen) atoms. The summed E-state index contributed by atoms with van der Waals surface area (Å²) in [4.78, 5) is 13.2. The van der Waals surface area contributed by atoms with Crippen molar-refractivity contribution < 1.29 is 17.9 Å². The molecule has 4 aromatic rings. The number of benzene rings is 2. The van der Waals surface area contributed by atoms with Crippen LogP contribution in [0.3, 0.4) is 0 Å². The van der Waals surface area contributed by atoms with Crippen LogP contribution in [0.4, 0.5) is 5.69 Å². The van der Waals surface area contributed by atoms with E-state index in [4.69, 9.17) is 9.47 Å². The van der Waals surface area contributed by atoms with Crippen molar-refractivity contribution in [3.8, 4) is 23.2 Å². The third-order valence-electron chi connectivity index (χ3n) is 5.24. The number of hydrogen-bond acceptors (Lipinski definition) is 7. The maximum absolute atomic E-state index is 12.9. The Kier molecular flexibility index (Phi) is 6.25. The first-order chi connectivity index (χ1) is 16.2. The lowest BCUT2D eigenvalue weighted by atomic mass is 10.2. The second kappa shape index (κ2) is 9.14. The van der Waals surface area contributed by atoms with Gasteiger partial charge in [-0.05, 0) is 69.7 Å². The SMILES string of the molecule is COc1ccc(C)cc1S(=O)(=O)Nc1ccc(Oc2cc(-n3cnc(C)c3C)nc(C)n2)cc1. The number of rotatable bonds is 7. The number of ether oxygens (including phenoxy) is 2. The van der Waals surface area contributed by atoms with E-state index in [0.717, 1.165) is 17.0 Å². The minimum Gasteiger partial charge on any atom is -0.495 e. The molecule has 4 rings (SSSR count). The third-order valence-corrected chi connectivity index (χ3v) is 6.64. The fourth-order valence-corrected chi connectivity index (χ4v) is 4.66. The molecule has 0 radical (unpaired) electrons. The van der Waals surface area contributed by atoms with Crippen LogP contribution in [0.15, 0.2) is 59.8 Å². The maximum Gasteiger partial charge on any atom is 0.265 e. The Morgan fingerprint density at radius 2 is 1.68 bits per heavy atom. The first-order valence-electron chi connectivity index (χ1n) is 10.5. The minimum atomic E-state index is -3.84. The van der Waals surface area contributed by atoms with Gasteiger partial charge in [-0.1, -0.05) is 6.07 Å². The van der Waals surface area contributed by atoms with Crippen molar-refractivity contribution in [2.24, 2.45) is 0 Å². The predicted octanol–water partition coefficient (Wildman–Crippen LogP) is 4.50. The summed E-state index contributed by atoms with van der Waals surface area (Å²) in [7, 11) is -2.40. The first-order valence-corrected chi connectivity index (χ1v) is 12.0. The molecule has 0 spiro atoms. The number of nitrogens with zero attached hydrogens (tertiary/aromatic N) is 4. The average Bonchev–Trinajstić information content (AvgIpc) is 3.13. The Balaban J connectivity index is 1.54. The molecule has 0 aliphatic rings. The Labute approximate surface area is 198 Å². The van der Waals surface area contributed by atoms with Gasteiger partial charge in [0.2, 0.25) is 5.88 Å². The summed E-state index contributed by atoms with van der Waals surface area (Å²) >= 11 is 0. The second-order valence-corrected chi connectivity index (χ2v) is 9.43. The monoisotopic (exact) mass is 479 g/mol. The van der Waals surface area contributed by atoms with Crippen LogP contribution in [-0.2, 0) is 10.0 Å². The van der Waals surface area contributed by atoms with Gasteiger partial charge in [-0.3, -0.25) is 9.29 Å². The standard InChI is InChI=1S/C24H25N5O4S/c1-15-6-11-21(32-5)22(12-15)34(30,31)28-19-7-9-20(10-8-19)33-24-13-23(26-18(4)27-24)29-14-25-16(2)17(29)3/h6-14,28H,1-5H3. The highest BCUT2D eigenvalue weighted by molar-refractivity contribution is 7.92. The fraction of sp³-hybridized carbons (Fsp3) is 0.208. The van der Waals surface area contributed by atoms with Crippen LogP contribution in [0.1, 0.15) is 22.8 Å². The molecule has 0 aliphatic carbocycles. The van der Waals surface area contributed by atoms with Crippen molar-refractivity contribution in [3.05, 3.63) is 77.6 Å².